The first-order chi connectivity index (χ1) is 15.5. The molecular weight excluding hydrogens is 465 g/mol. The average molecular weight is 488 g/mol. The molecule has 0 bridgehead atoms. The normalized spacial score (nSPS) is 13.9. The fourth-order valence-corrected chi connectivity index (χ4v) is 4.28. The second-order valence-corrected chi connectivity index (χ2v) is 8.16. The molecule has 8 nitrogen and oxygen atoms in total. The van der Waals surface area contributed by atoms with Gasteiger partial charge < -0.3 is 27.2 Å². The minimum atomic E-state index is -0.747. The molecule has 1 fully saturated rings. The molecule has 10 heteroatoms. The van der Waals surface area contributed by atoms with E-state index in [4.69, 9.17) is 16.3 Å². The van der Waals surface area contributed by atoms with Crippen molar-refractivity contribution < 1.29 is 32.4 Å². The van der Waals surface area contributed by atoms with E-state index in [1.807, 2.05) is 35.6 Å². The van der Waals surface area contributed by atoms with E-state index in [2.05, 4.69) is 21.2 Å². The van der Waals surface area contributed by atoms with Crippen LogP contribution < -0.4 is 27.4 Å². The number of benzene rings is 2. The lowest BCUT2D eigenvalue weighted by Gasteiger charge is -2.31. The summed E-state index contributed by atoms with van der Waals surface area (Å²) in [6.45, 7) is 1.80. The summed E-state index contributed by atoms with van der Waals surface area (Å²) >= 11 is 6.24. The van der Waals surface area contributed by atoms with E-state index >= 15 is 0 Å². The number of methoxy groups -OCH3 is 1. The van der Waals surface area contributed by atoms with Crippen LogP contribution in [0.4, 0.5) is 11.6 Å². The molecule has 3 N–H and O–H groups in total. The van der Waals surface area contributed by atoms with Crippen molar-refractivity contribution in [1.82, 2.24) is 10.2 Å². The number of hydrogen-bond acceptors (Lipinski definition) is 6. The number of anilines is 1. The van der Waals surface area contributed by atoms with Gasteiger partial charge in [-0.15, -0.1) is 5.10 Å². The molecule has 1 aromatic heterocycles. The van der Waals surface area contributed by atoms with Gasteiger partial charge in [-0.05, 0) is 49.2 Å². The van der Waals surface area contributed by atoms with Crippen LogP contribution in [0.5, 0.6) is 5.75 Å². The molecule has 0 unspecified atom stereocenters. The lowest BCUT2D eigenvalue weighted by Crippen LogP contribution is -3.00. The van der Waals surface area contributed by atoms with Gasteiger partial charge in [-0.3, -0.25) is 10.1 Å². The molecule has 0 amide bonds. The number of aliphatic carboxylic acids is 1. The number of fused-ring (bicyclic) bond motifs is 1. The molecule has 3 aromatic rings. The maximum atomic E-state index is 11.3. The molecule has 0 spiro atoms. The third-order valence-electron chi connectivity index (χ3n) is 5.81. The van der Waals surface area contributed by atoms with Crippen LogP contribution in [0.15, 0.2) is 36.4 Å². The molecule has 1 saturated heterocycles. The van der Waals surface area contributed by atoms with Crippen LogP contribution >= 0.6 is 11.6 Å². The van der Waals surface area contributed by atoms with E-state index in [9.17, 15) is 15.2 Å². The van der Waals surface area contributed by atoms with Gasteiger partial charge in [0.05, 0.1) is 35.1 Å². The summed E-state index contributed by atoms with van der Waals surface area (Å²) in [5.74, 6) is 0.962. The maximum absolute atomic E-state index is 11.3. The number of rotatable bonds is 6. The Hall–Kier alpha value is -3.12. The van der Waals surface area contributed by atoms with Crippen molar-refractivity contribution in [3.05, 3.63) is 52.5 Å². The number of quaternary nitrogens is 1. The van der Waals surface area contributed by atoms with Gasteiger partial charge in [0.15, 0.2) is 5.82 Å². The van der Waals surface area contributed by atoms with Gasteiger partial charge >= 0.3 is 5.97 Å². The minimum absolute atomic E-state index is 0. The summed E-state index contributed by atoms with van der Waals surface area (Å²) in [6, 6.07) is 13.3. The van der Waals surface area contributed by atoms with Crippen molar-refractivity contribution in [2.45, 2.75) is 19.4 Å². The summed E-state index contributed by atoms with van der Waals surface area (Å²) in [7, 11) is 1.58. The molecule has 4 rings (SSSR count). The van der Waals surface area contributed by atoms with Crippen molar-refractivity contribution in [3.8, 4) is 11.8 Å². The Labute approximate surface area is 202 Å². The molecule has 2 aromatic carbocycles. The van der Waals surface area contributed by atoms with E-state index in [1.165, 1.54) is 0 Å². The predicted molar refractivity (Wildman–Crippen MR) is 120 cm³/mol. The zero-order valence-corrected chi connectivity index (χ0v) is 19.5. The smallest absolute Gasteiger partial charge is 0.306 e. The van der Waals surface area contributed by atoms with Crippen molar-refractivity contribution in [2.75, 3.05) is 25.1 Å². The number of aromatic nitrogens is 2. The van der Waals surface area contributed by atoms with Gasteiger partial charge in [0, 0.05) is 24.0 Å². The number of carboxylic acids is 1. The van der Waals surface area contributed by atoms with Crippen LogP contribution in [0.25, 0.3) is 10.8 Å². The molecule has 1 aliphatic heterocycles. The Morgan fingerprint density at radius 1 is 1.24 bits per heavy atom. The van der Waals surface area contributed by atoms with Crippen LogP contribution in [0.1, 0.15) is 24.0 Å². The van der Waals surface area contributed by atoms with E-state index in [0.717, 1.165) is 22.2 Å². The highest BCUT2D eigenvalue weighted by molar-refractivity contribution is 6.32. The molecule has 0 radical (unpaired) electrons. The average Bonchev–Trinajstić information content (AvgIpc) is 2.82. The molecule has 1 aliphatic rings. The Morgan fingerprint density at radius 2 is 2.00 bits per heavy atom. The van der Waals surface area contributed by atoms with Crippen LogP contribution in [0, 0.1) is 17.2 Å². The quantitative estimate of drug-likeness (QED) is 0.497. The van der Waals surface area contributed by atoms with Gasteiger partial charge in [-0.2, -0.15) is 5.26 Å². The van der Waals surface area contributed by atoms with Gasteiger partial charge in [-0.1, -0.05) is 16.7 Å². The minimum Gasteiger partial charge on any atom is -1.00 e. The lowest BCUT2D eigenvalue weighted by atomic mass is 9.97. The summed E-state index contributed by atoms with van der Waals surface area (Å²) in [5, 5.41) is 31.8. The van der Waals surface area contributed by atoms with E-state index in [0.29, 0.717) is 54.6 Å². The third kappa shape index (κ3) is 5.28. The Kier molecular flexibility index (Phi) is 7.92. The lowest BCUT2D eigenvalue weighted by molar-refractivity contribution is -0.591. The molecule has 0 aliphatic carbocycles. The zero-order chi connectivity index (χ0) is 22.7. The van der Waals surface area contributed by atoms with Crippen molar-refractivity contribution in [1.29, 1.82) is 5.26 Å². The number of nitriles is 1. The standard InChI is InChI=1S/C23H22ClN5O3.ClH/c1-32-20-5-3-15(11-19(20)24)13-26-21-18-10-14(12-25)2-4-17(18)22(28-27-21)29-8-6-16(7-9-29)23(30)31;/h2-5,10-11,16H,6-9,13H2,1H3,(H,26,27)(H,30,31);1H. The Balaban J connectivity index is 0.00000306. The topological polar surface area (TPSA) is 116 Å². The Morgan fingerprint density at radius 3 is 2.64 bits per heavy atom. The van der Waals surface area contributed by atoms with Crippen LogP contribution in [0.2, 0.25) is 5.02 Å². The van der Waals surface area contributed by atoms with E-state index in [1.54, 1.807) is 13.2 Å². The number of nitrogens with two attached hydrogens (primary N) is 1. The van der Waals surface area contributed by atoms with Crippen LogP contribution in [-0.2, 0) is 11.3 Å². The third-order valence-corrected chi connectivity index (χ3v) is 6.10. The fraction of sp³-hybridized carbons (Fsp3) is 0.304. The number of carboxylic acid groups (broad SMARTS) is 1. The number of ether oxygens (including phenoxy) is 1. The number of nitrogens with zero attached hydrogens (tertiary/aromatic N) is 4. The second kappa shape index (κ2) is 10.7. The van der Waals surface area contributed by atoms with Crippen molar-refractivity contribution in [2.24, 2.45) is 5.92 Å². The number of piperidine rings is 1. The largest absolute Gasteiger partial charge is 1.00 e. The SMILES string of the molecule is COc1ccc(C[NH2+]c2nnc(N3CCC(C(=O)O)CC3)c3ccc(C#N)cc23)cc1Cl.[Cl-]. The molecule has 172 valence electrons. The number of hydrogen-bond donors (Lipinski definition) is 2. The number of carbonyl (C=O) groups is 1. The van der Waals surface area contributed by atoms with Crippen LogP contribution in [0.3, 0.4) is 0 Å². The molecule has 33 heavy (non-hydrogen) atoms. The van der Waals surface area contributed by atoms with E-state index < -0.39 is 5.97 Å². The van der Waals surface area contributed by atoms with Gasteiger partial charge in [0.25, 0.3) is 5.82 Å². The maximum Gasteiger partial charge on any atom is 0.306 e. The molecule has 2 heterocycles. The monoisotopic (exact) mass is 487 g/mol. The summed E-state index contributed by atoms with van der Waals surface area (Å²) in [4.78, 5) is 13.4. The second-order valence-electron chi connectivity index (χ2n) is 7.76. The van der Waals surface area contributed by atoms with Crippen molar-refractivity contribution >= 4 is 40.0 Å². The number of halogens is 2. The molecular formula is C23H23Cl2N5O3. The predicted octanol–water partition coefficient (Wildman–Crippen LogP) is -0.136. The van der Waals surface area contributed by atoms with Crippen LogP contribution in [-0.4, -0.2) is 41.5 Å². The van der Waals surface area contributed by atoms with Gasteiger partial charge in [0.1, 0.15) is 12.3 Å². The molecule has 0 atom stereocenters. The fourth-order valence-electron chi connectivity index (χ4n) is 4.00. The summed E-state index contributed by atoms with van der Waals surface area (Å²) in [5.41, 5.74) is 1.55. The summed E-state index contributed by atoms with van der Waals surface area (Å²) < 4.78 is 5.20. The highest BCUT2D eigenvalue weighted by Crippen LogP contribution is 2.31. The van der Waals surface area contributed by atoms with Gasteiger partial charge in [0.2, 0.25) is 0 Å². The van der Waals surface area contributed by atoms with Gasteiger partial charge in [-0.25, -0.2) is 0 Å². The first-order valence-corrected chi connectivity index (χ1v) is 10.7. The molecule has 0 saturated carbocycles. The Bertz CT molecular complexity index is 1210. The first kappa shape index (κ1) is 24.5. The van der Waals surface area contributed by atoms with Crippen molar-refractivity contribution in [3.63, 3.8) is 0 Å². The zero-order valence-electron chi connectivity index (χ0n) is 18.0. The van der Waals surface area contributed by atoms with E-state index in [-0.39, 0.29) is 18.3 Å². The highest BCUT2D eigenvalue weighted by Gasteiger charge is 2.27. The summed E-state index contributed by atoms with van der Waals surface area (Å²) in [6.07, 6.45) is 1.14. The first-order valence-electron chi connectivity index (χ1n) is 10.3. The highest BCUT2D eigenvalue weighted by atomic mass is 35.5.